The Morgan fingerprint density at radius 2 is 2.00 bits per heavy atom. The van der Waals surface area contributed by atoms with Crippen molar-refractivity contribution in [1.29, 1.82) is 0 Å². The van der Waals surface area contributed by atoms with Crippen molar-refractivity contribution < 1.29 is 9.47 Å². The SMILES string of the molecule is COc1cccc(C(N)COc2ccc(Cl)cc2C)c1. The van der Waals surface area contributed by atoms with E-state index in [-0.39, 0.29) is 6.04 Å². The van der Waals surface area contributed by atoms with Crippen LogP contribution in [0.25, 0.3) is 0 Å². The lowest BCUT2D eigenvalue weighted by Crippen LogP contribution is -2.19. The molecular weight excluding hydrogens is 274 g/mol. The van der Waals surface area contributed by atoms with E-state index in [4.69, 9.17) is 26.8 Å². The third-order valence-electron chi connectivity index (χ3n) is 3.08. The molecule has 1 atom stereocenters. The lowest BCUT2D eigenvalue weighted by molar-refractivity contribution is 0.288. The molecule has 0 bridgehead atoms. The number of rotatable bonds is 5. The van der Waals surface area contributed by atoms with E-state index in [1.54, 1.807) is 13.2 Å². The fraction of sp³-hybridized carbons (Fsp3) is 0.250. The molecule has 2 aromatic rings. The maximum Gasteiger partial charge on any atom is 0.122 e. The quantitative estimate of drug-likeness (QED) is 0.913. The van der Waals surface area contributed by atoms with Crippen LogP contribution >= 0.6 is 11.6 Å². The summed E-state index contributed by atoms with van der Waals surface area (Å²) < 4.78 is 10.9. The van der Waals surface area contributed by atoms with E-state index in [2.05, 4.69) is 0 Å². The van der Waals surface area contributed by atoms with Crippen LogP contribution in [0.1, 0.15) is 17.2 Å². The molecule has 2 N–H and O–H groups in total. The standard InChI is InChI=1S/C16H18ClNO2/c1-11-8-13(17)6-7-16(11)20-10-15(18)12-4-3-5-14(9-12)19-2/h3-9,15H,10,18H2,1-2H3. The molecule has 0 aliphatic carbocycles. The number of nitrogens with two attached hydrogens (primary N) is 1. The van der Waals surface area contributed by atoms with Gasteiger partial charge in [-0.1, -0.05) is 23.7 Å². The molecule has 2 rings (SSSR count). The Morgan fingerprint density at radius 3 is 2.70 bits per heavy atom. The second-order valence-electron chi connectivity index (χ2n) is 4.60. The first-order valence-corrected chi connectivity index (χ1v) is 6.76. The normalized spacial score (nSPS) is 12.0. The molecule has 0 heterocycles. The number of hydrogen-bond donors (Lipinski definition) is 1. The van der Waals surface area contributed by atoms with Gasteiger partial charge in [0.25, 0.3) is 0 Å². The van der Waals surface area contributed by atoms with Gasteiger partial charge in [-0.3, -0.25) is 0 Å². The molecule has 0 saturated carbocycles. The smallest absolute Gasteiger partial charge is 0.122 e. The Balaban J connectivity index is 2.02. The van der Waals surface area contributed by atoms with Gasteiger partial charge in [0, 0.05) is 5.02 Å². The number of ether oxygens (including phenoxy) is 2. The summed E-state index contributed by atoms with van der Waals surface area (Å²) in [5.74, 6) is 1.59. The molecule has 0 radical (unpaired) electrons. The first kappa shape index (κ1) is 14.7. The highest BCUT2D eigenvalue weighted by atomic mass is 35.5. The fourth-order valence-corrected chi connectivity index (χ4v) is 2.15. The van der Waals surface area contributed by atoms with Crippen LogP contribution < -0.4 is 15.2 Å². The van der Waals surface area contributed by atoms with Gasteiger partial charge in [0.15, 0.2) is 0 Å². The van der Waals surface area contributed by atoms with Crippen molar-refractivity contribution in [2.45, 2.75) is 13.0 Å². The summed E-state index contributed by atoms with van der Waals surface area (Å²) in [5.41, 5.74) is 8.12. The van der Waals surface area contributed by atoms with Gasteiger partial charge in [0.2, 0.25) is 0 Å². The zero-order valence-corrected chi connectivity index (χ0v) is 12.4. The number of methoxy groups -OCH3 is 1. The summed E-state index contributed by atoms with van der Waals surface area (Å²) in [4.78, 5) is 0. The van der Waals surface area contributed by atoms with Gasteiger partial charge in [0.05, 0.1) is 13.2 Å². The Kier molecular flexibility index (Phi) is 4.88. The third-order valence-corrected chi connectivity index (χ3v) is 3.31. The number of halogens is 1. The summed E-state index contributed by atoms with van der Waals surface area (Å²) in [5, 5.41) is 0.701. The van der Waals surface area contributed by atoms with Gasteiger partial charge >= 0.3 is 0 Å². The molecule has 4 heteroatoms. The number of hydrogen-bond acceptors (Lipinski definition) is 3. The first-order chi connectivity index (χ1) is 9.60. The molecule has 20 heavy (non-hydrogen) atoms. The van der Waals surface area contributed by atoms with Crippen LogP contribution in [0.3, 0.4) is 0 Å². The Bertz CT molecular complexity index is 586. The van der Waals surface area contributed by atoms with Crippen molar-refractivity contribution >= 4 is 11.6 Å². The average Bonchev–Trinajstić information content (AvgIpc) is 2.46. The number of aryl methyl sites for hydroxylation is 1. The van der Waals surface area contributed by atoms with E-state index in [1.165, 1.54) is 0 Å². The van der Waals surface area contributed by atoms with Crippen LogP contribution in [0.15, 0.2) is 42.5 Å². The zero-order valence-electron chi connectivity index (χ0n) is 11.6. The maximum absolute atomic E-state index is 6.14. The molecule has 0 aliphatic heterocycles. The molecule has 106 valence electrons. The third kappa shape index (κ3) is 3.65. The van der Waals surface area contributed by atoms with Gasteiger partial charge in [-0.15, -0.1) is 0 Å². The van der Waals surface area contributed by atoms with Gasteiger partial charge in [0.1, 0.15) is 18.1 Å². The average molecular weight is 292 g/mol. The fourth-order valence-electron chi connectivity index (χ4n) is 1.92. The maximum atomic E-state index is 6.14. The van der Waals surface area contributed by atoms with Gasteiger partial charge in [-0.05, 0) is 48.4 Å². The molecule has 0 fully saturated rings. The second-order valence-corrected chi connectivity index (χ2v) is 5.04. The molecule has 3 nitrogen and oxygen atoms in total. The largest absolute Gasteiger partial charge is 0.497 e. The van der Waals surface area contributed by atoms with Gasteiger partial charge in [-0.25, -0.2) is 0 Å². The predicted molar refractivity (Wildman–Crippen MR) is 81.6 cm³/mol. The zero-order chi connectivity index (χ0) is 14.5. The van der Waals surface area contributed by atoms with Crippen LogP contribution in [-0.4, -0.2) is 13.7 Å². The van der Waals surface area contributed by atoms with E-state index < -0.39 is 0 Å². The van der Waals surface area contributed by atoms with Crippen molar-refractivity contribution in [3.63, 3.8) is 0 Å². The molecule has 0 aromatic heterocycles. The van der Waals surface area contributed by atoms with Crippen molar-refractivity contribution in [3.8, 4) is 11.5 Å². The van der Waals surface area contributed by atoms with Crippen LogP contribution in [0.4, 0.5) is 0 Å². The van der Waals surface area contributed by atoms with Crippen molar-refractivity contribution in [2.24, 2.45) is 5.73 Å². The Hall–Kier alpha value is -1.71. The lowest BCUT2D eigenvalue weighted by Gasteiger charge is -2.15. The molecule has 0 amide bonds. The van der Waals surface area contributed by atoms with Gasteiger partial charge < -0.3 is 15.2 Å². The monoisotopic (exact) mass is 291 g/mol. The number of benzene rings is 2. The van der Waals surface area contributed by atoms with Crippen molar-refractivity contribution in [3.05, 3.63) is 58.6 Å². The second kappa shape index (κ2) is 6.64. The first-order valence-electron chi connectivity index (χ1n) is 6.38. The van der Waals surface area contributed by atoms with E-state index >= 15 is 0 Å². The summed E-state index contributed by atoms with van der Waals surface area (Å²) in [6, 6.07) is 13.0. The minimum Gasteiger partial charge on any atom is -0.497 e. The van der Waals surface area contributed by atoms with Crippen molar-refractivity contribution in [2.75, 3.05) is 13.7 Å². The van der Waals surface area contributed by atoms with Crippen LogP contribution in [0.2, 0.25) is 5.02 Å². The highest BCUT2D eigenvalue weighted by Gasteiger charge is 2.09. The van der Waals surface area contributed by atoms with Crippen LogP contribution in [0, 0.1) is 6.92 Å². The Morgan fingerprint density at radius 1 is 1.20 bits per heavy atom. The van der Waals surface area contributed by atoms with Crippen LogP contribution in [0.5, 0.6) is 11.5 Å². The summed E-state index contributed by atoms with van der Waals surface area (Å²) >= 11 is 5.91. The highest BCUT2D eigenvalue weighted by molar-refractivity contribution is 6.30. The molecular formula is C16H18ClNO2. The van der Waals surface area contributed by atoms with E-state index in [0.29, 0.717) is 11.6 Å². The van der Waals surface area contributed by atoms with Gasteiger partial charge in [-0.2, -0.15) is 0 Å². The molecule has 1 unspecified atom stereocenters. The van der Waals surface area contributed by atoms with E-state index in [0.717, 1.165) is 22.6 Å². The van der Waals surface area contributed by atoms with Crippen LogP contribution in [-0.2, 0) is 0 Å². The lowest BCUT2D eigenvalue weighted by atomic mass is 10.1. The van der Waals surface area contributed by atoms with Crippen molar-refractivity contribution in [1.82, 2.24) is 0 Å². The molecule has 0 aliphatic rings. The summed E-state index contributed by atoms with van der Waals surface area (Å²) in [7, 11) is 1.64. The van der Waals surface area contributed by atoms with E-state index in [9.17, 15) is 0 Å². The topological polar surface area (TPSA) is 44.5 Å². The minimum atomic E-state index is -0.208. The highest BCUT2D eigenvalue weighted by Crippen LogP contribution is 2.23. The molecule has 2 aromatic carbocycles. The summed E-state index contributed by atoms with van der Waals surface area (Å²) in [6.07, 6.45) is 0. The summed E-state index contributed by atoms with van der Waals surface area (Å²) in [6.45, 7) is 2.36. The Labute approximate surface area is 124 Å². The van der Waals surface area contributed by atoms with E-state index in [1.807, 2.05) is 43.3 Å². The molecule has 0 spiro atoms. The molecule has 0 saturated heterocycles. The minimum absolute atomic E-state index is 0.208. The predicted octanol–water partition coefficient (Wildman–Crippen LogP) is 3.74.